The number of benzene rings is 4. The summed E-state index contributed by atoms with van der Waals surface area (Å²) in [6, 6.07) is 6.95. The third kappa shape index (κ3) is 12.8. The molecule has 4 rings (SSSR count). The van der Waals surface area contributed by atoms with Crippen LogP contribution in [-0.2, 0) is 23.5 Å². The van der Waals surface area contributed by atoms with Crippen molar-refractivity contribution in [3.8, 4) is 6.07 Å². The standard InChI is InChI=1S/C8H4F3N.C8H5F3O2.C7H4ClF3.C6H3F3/c9-6-4-8(11)7(10)3-5(6)1-2-12;9-5-3-7(11)6(10)1-4(5)2-8(12)13;8-3-4-1-6(10)7(11)2-5(4)9;7-4-1-2-5(8)6(9)3-4/h3-4H,1H2;1,3H,2H2,(H,12,13);1-2H,3H2;1-3H. The summed E-state index contributed by atoms with van der Waals surface area (Å²) < 4.78 is 148. The lowest BCUT2D eigenvalue weighted by Gasteiger charge is -2.00. The smallest absolute Gasteiger partial charge is 0.307 e. The summed E-state index contributed by atoms with van der Waals surface area (Å²) >= 11 is 5.23. The first kappa shape index (κ1) is 38.3. The number of carboxylic acids is 1. The van der Waals surface area contributed by atoms with Crippen LogP contribution in [0, 0.1) is 81.1 Å². The van der Waals surface area contributed by atoms with Gasteiger partial charge >= 0.3 is 5.97 Å². The van der Waals surface area contributed by atoms with Crippen LogP contribution in [0.15, 0.2) is 54.6 Å². The molecule has 0 aliphatic heterocycles. The van der Waals surface area contributed by atoms with Crippen molar-refractivity contribution >= 4 is 17.6 Å². The van der Waals surface area contributed by atoms with Gasteiger partial charge in [0.2, 0.25) is 0 Å². The molecule has 0 saturated heterocycles. The van der Waals surface area contributed by atoms with E-state index in [4.69, 9.17) is 22.0 Å². The molecular weight excluding hydrogens is 658 g/mol. The molecule has 3 nitrogen and oxygen atoms in total. The van der Waals surface area contributed by atoms with Crippen LogP contribution < -0.4 is 0 Å². The molecule has 0 atom stereocenters. The molecule has 0 aromatic heterocycles. The van der Waals surface area contributed by atoms with E-state index in [0.29, 0.717) is 36.4 Å². The van der Waals surface area contributed by atoms with Gasteiger partial charge in [-0.2, -0.15) is 5.26 Å². The van der Waals surface area contributed by atoms with Crippen LogP contribution >= 0.6 is 11.6 Å². The number of carboxylic acid groups (broad SMARTS) is 1. The maximum atomic E-state index is 12.7. The first-order valence-electron chi connectivity index (χ1n) is 11.7. The zero-order valence-corrected chi connectivity index (χ0v) is 22.8. The third-order valence-corrected chi connectivity index (χ3v) is 5.19. The SMILES string of the molecule is Fc1cc(F)c(CCl)cc1F.Fc1ccc(F)c(F)c1.N#CCc1cc(F)c(F)cc1F.O=C(O)Cc1cc(F)c(F)cc1F. The monoisotopic (exact) mass is 673 g/mol. The number of nitrogens with zero attached hydrogens (tertiary/aromatic N) is 1. The minimum Gasteiger partial charge on any atom is -0.481 e. The Balaban J connectivity index is 0.000000302. The largest absolute Gasteiger partial charge is 0.481 e. The summed E-state index contributed by atoms with van der Waals surface area (Å²) in [5.74, 6) is -14.4. The second kappa shape index (κ2) is 18.2. The zero-order valence-electron chi connectivity index (χ0n) is 22.0. The van der Waals surface area contributed by atoms with Crippen molar-refractivity contribution in [3.05, 3.63) is 141 Å². The van der Waals surface area contributed by atoms with Crippen LogP contribution in [0.4, 0.5) is 52.7 Å². The lowest BCUT2D eigenvalue weighted by Crippen LogP contribution is -2.04. The van der Waals surface area contributed by atoms with Gasteiger partial charge in [0.1, 0.15) is 23.3 Å². The van der Waals surface area contributed by atoms with Crippen molar-refractivity contribution in [2.75, 3.05) is 0 Å². The van der Waals surface area contributed by atoms with Gasteiger partial charge in [0.05, 0.1) is 24.8 Å². The fourth-order valence-electron chi connectivity index (χ4n) is 2.78. The quantitative estimate of drug-likeness (QED) is 0.134. The maximum absolute atomic E-state index is 12.7. The second-order valence-electron chi connectivity index (χ2n) is 8.17. The molecule has 0 fully saturated rings. The Hall–Kier alpha value is -4.71. The highest BCUT2D eigenvalue weighted by Gasteiger charge is 2.12. The number of hydrogen-bond acceptors (Lipinski definition) is 2. The second-order valence-corrected chi connectivity index (χ2v) is 8.44. The topological polar surface area (TPSA) is 61.1 Å². The summed E-state index contributed by atoms with van der Waals surface area (Å²) in [7, 11) is 0. The lowest BCUT2D eigenvalue weighted by atomic mass is 10.1. The number of carbonyl (C=O) groups is 1. The molecule has 0 radical (unpaired) electrons. The minimum absolute atomic E-state index is 0.0365. The predicted octanol–water partition coefficient (Wildman–Crippen LogP) is 8.85. The van der Waals surface area contributed by atoms with Crippen LogP contribution in [0.3, 0.4) is 0 Å². The van der Waals surface area contributed by atoms with Crippen LogP contribution in [0.25, 0.3) is 0 Å². The van der Waals surface area contributed by atoms with E-state index in [9.17, 15) is 57.5 Å². The van der Waals surface area contributed by atoms with Crippen molar-refractivity contribution in [1.82, 2.24) is 0 Å². The average molecular weight is 674 g/mol. The number of alkyl halides is 1. The maximum Gasteiger partial charge on any atom is 0.307 e. The fraction of sp³-hybridized carbons (Fsp3) is 0.103. The van der Waals surface area contributed by atoms with E-state index in [-0.39, 0.29) is 29.0 Å². The van der Waals surface area contributed by atoms with Gasteiger partial charge in [0, 0.05) is 41.0 Å². The zero-order chi connectivity index (χ0) is 34.4. The Bertz CT molecular complexity index is 1680. The minimum atomic E-state index is -1.33. The molecule has 0 amide bonds. The molecule has 0 aliphatic rings. The van der Waals surface area contributed by atoms with E-state index >= 15 is 0 Å². The summed E-state index contributed by atoms with van der Waals surface area (Å²) in [4.78, 5) is 10.1. The van der Waals surface area contributed by atoms with Crippen molar-refractivity contribution in [2.24, 2.45) is 0 Å². The average Bonchev–Trinajstić information content (AvgIpc) is 2.95. The van der Waals surface area contributed by atoms with Gasteiger partial charge < -0.3 is 5.11 Å². The highest BCUT2D eigenvalue weighted by molar-refractivity contribution is 6.17. The van der Waals surface area contributed by atoms with Crippen molar-refractivity contribution < 1.29 is 62.6 Å². The molecule has 1 N–H and O–H groups in total. The molecule has 0 saturated carbocycles. The molecule has 0 heterocycles. The van der Waals surface area contributed by atoms with Gasteiger partial charge in [0.15, 0.2) is 46.5 Å². The summed E-state index contributed by atoms with van der Waals surface area (Å²) in [5.41, 5.74) is -0.534. The molecule has 4 aromatic carbocycles. The first-order chi connectivity index (χ1) is 21.0. The van der Waals surface area contributed by atoms with Gasteiger partial charge in [-0.3, -0.25) is 4.79 Å². The molecule has 45 heavy (non-hydrogen) atoms. The van der Waals surface area contributed by atoms with Gasteiger partial charge in [-0.05, 0) is 30.3 Å². The lowest BCUT2D eigenvalue weighted by molar-refractivity contribution is -0.136. The van der Waals surface area contributed by atoms with Crippen LogP contribution in [-0.4, -0.2) is 11.1 Å². The molecular formula is C29H16ClF12NO2. The molecule has 240 valence electrons. The predicted molar refractivity (Wildman–Crippen MR) is 135 cm³/mol. The number of aliphatic carboxylic acids is 1. The summed E-state index contributed by atoms with van der Waals surface area (Å²) in [5, 5.41) is 16.4. The van der Waals surface area contributed by atoms with E-state index < -0.39 is 82.2 Å². The normalized spacial score (nSPS) is 9.87. The molecule has 4 aromatic rings. The van der Waals surface area contributed by atoms with Crippen molar-refractivity contribution in [1.29, 1.82) is 5.26 Å². The van der Waals surface area contributed by atoms with E-state index in [1.54, 1.807) is 6.07 Å². The number of rotatable bonds is 4. The van der Waals surface area contributed by atoms with E-state index in [0.717, 1.165) is 18.2 Å². The van der Waals surface area contributed by atoms with Gasteiger partial charge in [-0.25, -0.2) is 52.7 Å². The Morgan fingerprint density at radius 1 is 0.556 bits per heavy atom. The van der Waals surface area contributed by atoms with Crippen molar-refractivity contribution in [3.63, 3.8) is 0 Å². The molecule has 0 bridgehead atoms. The summed E-state index contributed by atoms with van der Waals surface area (Å²) in [6.45, 7) is 0. The van der Waals surface area contributed by atoms with E-state index in [1.807, 2.05) is 0 Å². The Kier molecular flexibility index (Phi) is 15.5. The van der Waals surface area contributed by atoms with Gasteiger partial charge in [-0.1, -0.05) is 0 Å². The van der Waals surface area contributed by atoms with Crippen LogP contribution in [0.2, 0.25) is 0 Å². The number of nitriles is 1. The molecule has 0 aliphatic carbocycles. The number of halogens is 13. The summed E-state index contributed by atoms with van der Waals surface area (Å²) in [6.07, 6.45) is -0.925. The highest BCUT2D eigenvalue weighted by Crippen LogP contribution is 2.16. The van der Waals surface area contributed by atoms with Crippen molar-refractivity contribution in [2.45, 2.75) is 18.7 Å². The van der Waals surface area contributed by atoms with Crippen LogP contribution in [0.1, 0.15) is 16.7 Å². The fourth-order valence-corrected chi connectivity index (χ4v) is 2.99. The van der Waals surface area contributed by atoms with Crippen LogP contribution in [0.5, 0.6) is 0 Å². The Labute approximate surface area is 251 Å². The Morgan fingerprint density at radius 3 is 1.33 bits per heavy atom. The molecule has 16 heteroatoms. The third-order valence-electron chi connectivity index (χ3n) is 4.90. The number of hydrogen-bond donors (Lipinski definition) is 1. The van der Waals surface area contributed by atoms with E-state index in [1.165, 1.54) is 0 Å². The Morgan fingerprint density at radius 2 is 0.933 bits per heavy atom. The molecule has 0 unspecified atom stereocenters. The van der Waals surface area contributed by atoms with Gasteiger partial charge in [0.25, 0.3) is 0 Å². The molecule has 0 spiro atoms. The van der Waals surface area contributed by atoms with E-state index in [2.05, 4.69) is 0 Å². The van der Waals surface area contributed by atoms with Gasteiger partial charge in [-0.15, -0.1) is 11.6 Å². The first-order valence-corrected chi connectivity index (χ1v) is 12.2. The highest BCUT2D eigenvalue weighted by atomic mass is 35.5.